The van der Waals surface area contributed by atoms with Gasteiger partial charge >= 0.3 is 70.8 Å². The molecule has 8 heterocycles. The Morgan fingerprint density at radius 3 is 1.04 bits per heavy atom. The molecule has 0 spiro atoms. The summed E-state index contributed by atoms with van der Waals surface area (Å²) in [6.45, 7) is 16.6. The molecule has 6 unspecified atom stereocenters. The maximum absolute atomic E-state index is 13.3. The fourth-order valence-electron chi connectivity index (χ4n) is 12.5. The molecule has 6 atom stereocenters. The van der Waals surface area contributed by atoms with Gasteiger partial charge in [0.1, 0.15) is 26.1 Å². The number of nitrogens with zero attached hydrogens (tertiary/aromatic N) is 8. The van der Waals surface area contributed by atoms with E-state index in [4.69, 9.17) is 16.7 Å². The first-order valence-electron chi connectivity index (χ1n) is 34.9. The quantitative estimate of drug-likeness (QED) is 0.0393. The second-order valence-electron chi connectivity index (χ2n) is 26.2. The summed E-state index contributed by atoms with van der Waals surface area (Å²) in [5, 5.41) is 20.7. The molecule has 26 nitrogen and oxygen atoms in total. The number of hydrogen-bond donors (Lipinski definition) is 7. The van der Waals surface area contributed by atoms with Crippen molar-refractivity contribution in [2.45, 2.75) is 107 Å². The molecular formula is C80H89ClI3N14O12S3V. The predicted molar refractivity (Wildman–Crippen MR) is 472 cm³/mol. The van der Waals surface area contributed by atoms with Crippen molar-refractivity contribution in [1.82, 2.24) is 55.6 Å². The number of para-hydroxylation sites is 3. The molecule has 0 aliphatic carbocycles. The van der Waals surface area contributed by atoms with Gasteiger partial charge in [0.25, 0.3) is 53.0 Å². The van der Waals surface area contributed by atoms with Gasteiger partial charge in [0.15, 0.2) is 0 Å². The summed E-state index contributed by atoms with van der Waals surface area (Å²) in [4.78, 5) is 86.0. The Balaban J connectivity index is 0.000000211. The van der Waals surface area contributed by atoms with Gasteiger partial charge < -0.3 is 35.8 Å². The Labute approximate surface area is 708 Å². The zero-order valence-corrected chi connectivity index (χ0v) is 72.4. The molecule has 0 saturated carbocycles. The Kier molecular flexibility index (Phi) is 35.4. The van der Waals surface area contributed by atoms with Gasteiger partial charge in [-0.2, -0.15) is 0 Å². The minimum absolute atomic E-state index is 0. The monoisotopic (exact) mass is 2000 g/mol. The number of amides is 3. The summed E-state index contributed by atoms with van der Waals surface area (Å²) in [5.41, 5.74) is 3.91. The number of halogens is 4. The van der Waals surface area contributed by atoms with Crippen LogP contribution >= 0.6 is 71.5 Å². The van der Waals surface area contributed by atoms with Gasteiger partial charge in [0.05, 0.1) is 22.1 Å². The number of carbonyl (C=O) groups excluding carboxylic acids is 4. The van der Waals surface area contributed by atoms with Gasteiger partial charge in [-0.05, 0) is 187 Å². The van der Waals surface area contributed by atoms with E-state index in [0.29, 0.717) is 88.7 Å². The molecule has 5 aromatic heterocycles. The number of sulfonamides is 3. The summed E-state index contributed by atoms with van der Waals surface area (Å²) in [6, 6.07) is 55.5. The van der Waals surface area contributed by atoms with Gasteiger partial charge in [-0.1, -0.05) is 81.6 Å². The van der Waals surface area contributed by atoms with Crippen LogP contribution in [-0.4, -0.2) is 174 Å². The van der Waals surface area contributed by atoms with E-state index in [2.05, 4.69) is 143 Å². The normalized spacial score (nSPS) is 17.2. The van der Waals surface area contributed by atoms with E-state index >= 15 is 0 Å². The molecule has 3 amide bonds. The van der Waals surface area contributed by atoms with Crippen LogP contribution in [-0.2, 0) is 35.0 Å². The Morgan fingerprint density at radius 1 is 0.412 bits per heavy atom. The molecule has 11 aromatic rings. The molecule has 3 saturated heterocycles. The number of pyridine rings is 5. The van der Waals surface area contributed by atoms with Crippen LogP contribution in [0.25, 0.3) is 32.7 Å². The molecule has 114 heavy (non-hydrogen) atoms. The van der Waals surface area contributed by atoms with Crippen LogP contribution in [0.3, 0.4) is 0 Å². The predicted octanol–water partition coefficient (Wildman–Crippen LogP) is 14.7. The molecule has 3 fully saturated rings. The Morgan fingerprint density at radius 2 is 0.728 bits per heavy atom. The van der Waals surface area contributed by atoms with Gasteiger partial charge in [-0.15, -0.1) is 0 Å². The second kappa shape index (κ2) is 43.5. The zero-order chi connectivity index (χ0) is 80.9. The van der Waals surface area contributed by atoms with Crippen molar-refractivity contribution in [1.29, 1.82) is 0 Å². The van der Waals surface area contributed by atoms with Crippen molar-refractivity contribution in [2.24, 2.45) is 0 Å². The van der Waals surface area contributed by atoms with Crippen LogP contribution < -0.4 is 30.1 Å². The van der Waals surface area contributed by atoms with Crippen LogP contribution in [0, 0.1) is 0 Å². The average molecular weight is 2000 g/mol. The summed E-state index contributed by atoms with van der Waals surface area (Å²) in [7, 11) is -11.6. The van der Waals surface area contributed by atoms with Crippen molar-refractivity contribution in [3.05, 3.63) is 259 Å². The number of carboxylic acids is 1. The number of piperazine rings is 3. The fraction of sp³-hybridized carbons (Fsp3) is 0.250. The molecule has 3 aliphatic rings. The van der Waals surface area contributed by atoms with E-state index in [1.54, 1.807) is 174 Å². The number of nitrogens with one attached hydrogen (secondary N) is 6. The number of carboxylic acid groups (broad SMARTS) is 1. The molecule has 0 bridgehead atoms. The van der Waals surface area contributed by atoms with Crippen molar-refractivity contribution in [2.75, 3.05) is 53.4 Å². The van der Waals surface area contributed by atoms with Crippen molar-refractivity contribution in [3.63, 3.8) is 0 Å². The first-order chi connectivity index (χ1) is 53.4. The van der Waals surface area contributed by atoms with E-state index in [0.717, 1.165) is 29.2 Å². The number of fused-ring (bicyclic) bond motifs is 3. The number of aromatic carboxylic acids is 1. The molecule has 34 heteroatoms. The molecule has 602 valence electrons. The fourth-order valence-corrected chi connectivity index (χ4v) is 16.3. The SMILES string of the molecule is C.C.CC1CN(C(=O)c2ccc(NS(=O)(=O)c3cccc4cccnc34)cc2)CC(C)N1.CC1CN(C(=O)c2ccc(NS(=O)(=O)c3cccc4cccnc34)cc2)CC(C)N1C(=O)c1ccccn1.CC1CNCC(C)N1.O=C(Cl)c1ccccn1.O=C(O)c1ccc(NS(=O)(=O)c2cccc3cccnc23)cc1.[I][V]([I])[I]. The van der Waals surface area contributed by atoms with Gasteiger partial charge in [0.2, 0.25) is 0 Å². The summed E-state index contributed by atoms with van der Waals surface area (Å²) in [5.74, 6) is -1.46. The number of aromatic nitrogens is 5. The third-order valence-corrected chi connectivity index (χ3v) is 21.7. The van der Waals surface area contributed by atoms with E-state index in [-0.39, 0.29) is 87.6 Å². The first-order valence-corrected chi connectivity index (χ1v) is 53.3. The van der Waals surface area contributed by atoms with Crippen LogP contribution in [0.2, 0.25) is 0 Å². The third kappa shape index (κ3) is 26.3. The van der Waals surface area contributed by atoms with Crippen molar-refractivity contribution in [3.8, 4) is 0 Å². The number of benzene rings is 6. The van der Waals surface area contributed by atoms with Crippen LogP contribution in [0.15, 0.2) is 246 Å². The zero-order valence-electron chi connectivity index (χ0n) is 61.3. The Hall–Kier alpha value is -8.41. The maximum atomic E-state index is 13.3. The molecule has 14 rings (SSSR count). The Bertz CT molecular complexity index is 5400. The van der Waals surface area contributed by atoms with Crippen molar-refractivity contribution < 1.29 is 59.3 Å². The van der Waals surface area contributed by atoms with Crippen molar-refractivity contribution >= 4 is 180 Å². The number of hydrogen-bond acceptors (Lipinski definition) is 19. The minimum atomic E-state index is -3.90. The van der Waals surface area contributed by atoms with Crippen LogP contribution in [0.5, 0.6) is 0 Å². The van der Waals surface area contributed by atoms with E-state index in [9.17, 15) is 49.2 Å². The van der Waals surface area contributed by atoms with Crippen LogP contribution in [0.1, 0.15) is 108 Å². The van der Waals surface area contributed by atoms with Gasteiger partial charge in [-0.3, -0.25) is 58.3 Å². The summed E-state index contributed by atoms with van der Waals surface area (Å²) in [6.07, 6.45) is 7.76. The van der Waals surface area contributed by atoms with Gasteiger partial charge in [-0.25, -0.2) is 30.0 Å². The molecular weight excluding hydrogens is 1910 g/mol. The number of rotatable bonds is 14. The topological polar surface area (TPSA) is 354 Å². The molecule has 3 aliphatic heterocycles. The number of anilines is 3. The van der Waals surface area contributed by atoms with Crippen LogP contribution in [0.4, 0.5) is 17.1 Å². The molecule has 7 N–H and O–H groups in total. The summed E-state index contributed by atoms with van der Waals surface area (Å²) < 4.78 is 84.7. The standard InChI is InChI=1S/C28H27N5O4S.C22H24N4O3S.C16H12N2O4S.C6H4ClNO.C6H14N2.2CH4.3HI.V/c1-19-17-32(18-20(2)33(19)28(35)24-9-3-4-15-29-24)27(34)22-11-13-23(14-12-22)31-38(36,37)25-10-5-7-21-8-6-16-30-26(21)25;1-15-13-26(14-16(2)24-15)22(27)18-8-10-19(11-9-18)25-30(28,29)20-7-3-5-17-6-4-12-23-21(17)20;19-16(20)12-6-8-13(9-7-12)18-23(21,22)14-5-1-3-11-4-2-10-17-15(11)14;7-6(9)5-3-1-2-4-8-5;1-5-3-7-4-6(2)8-5;;;;;;/h3-16,19-20,31H,17-18H2,1-2H3;3-12,15-16,24-25H,13-14H2,1-2H3;1-10,18H,(H,19,20);1-4H;5-8H,3-4H2,1-2H3;2*1H4;3*1H;/q;;;;;;;;;;+3/p-3. The first kappa shape index (κ1) is 92.8. The third-order valence-electron chi connectivity index (χ3n) is 17.3. The van der Waals surface area contributed by atoms with E-state index in [1.165, 1.54) is 54.9 Å². The van der Waals surface area contributed by atoms with Gasteiger partial charge in [0, 0.05) is 151 Å². The van der Waals surface area contributed by atoms with E-state index in [1.807, 2.05) is 30.9 Å². The molecule has 0 radical (unpaired) electrons. The molecule has 6 aromatic carbocycles. The average Bonchev–Trinajstić information content (AvgIpc) is 0.794. The second-order valence-corrected chi connectivity index (χ2v) is 66.8. The van der Waals surface area contributed by atoms with E-state index < -0.39 is 41.3 Å². The number of carbonyl (C=O) groups is 5. The summed E-state index contributed by atoms with van der Waals surface area (Å²) >= 11 is 12.5.